The summed E-state index contributed by atoms with van der Waals surface area (Å²) in [7, 11) is 0. The lowest BCUT2D eigenvalue weighted by atomic mass is 9.80. The molecule has 0 bridgehead atoms. The van der Waals surface area contributed by atoms with Crippen molar-refractivity contribution >= 4 is 17.3 Å². The minimum Gasteiger partial charge on any atom is -0.477 e. The predicted molar refractivity (Wildman–Crippen MR) is 105 cm³/mol. The van der Waals surface area contributed by atoms with Crippen molar-refractivity contribution in [2.45, 2.75) is 50.3 Å². The standard InChI is InChI=1S/C22H23F3N2O2/c1-21(10-4-5-11-21)14-8-9-16(15(12-14)22(23,24)25)27-20(28)19-13-26-17-6-2-3-7-18(17)29-19/h2-3,6-9,12,19,26H,4-5,10-11,13H2,1H3,(H,27,28). The molecule has 29 heavy (non-hydrogen) atoms. The quantitative estimate of drug-likeness (QED) is 0.725. The number of carbonyl (C=O) groups excluding carboxylic acids is 1. The Morgan fingerprint density at radius 1 is 1.17 bits per heavy atom. The number of hydrogen-bond donors (Lipinski definition) is 2. The van der Waals surface area contributed by atoms with Crippen LogP contribution in [0.15, 0.2) is 42.5 Å². The number of hydrogen-bond acceptors (Lipinski definition) is 3. The Morgan fingerprint density at radius 3 is 2.62 bits per heavy atom. The third kappa shape index (κ3) is 3.91. The molecule has 4 nitrogen and oxygen atoms in total. The van der Waals surface area contributed by atoms with E-state index in [0.717, 1.165) is 31.4 Å². The molecule has 0 aromatic heterocycles. The maximum Gasteiger partial charge on any atom is 0.418 e. The van der Waals surface area contributed by atoms with Gasteiger partial charge in [-0.2, -0.15) is 13.2 Å². The minimum atomic E-state index is -4.56. The van der Waals surface area contributed by atoms with Crippen molar-refractivity contribution in [2.24, 2.45) is 0 Å². The first-order chi connectivity index (χ1) is 13.8. The van der Waals surface area contributed by atoms with E-state index in [4.69, 9.17) is 4.74 Å². The maximum atomic E-state index is 13.7. The van der Waals surface area contributed by atoms with E-state index in [1.807, 2.05) is 19.1 Å². The van der Waals surface area contributed by atoms with Gasteiger partial charge in [0, 0.05) is 0 Å². The molecule has 2 aromatic rings. The highest BCUT2D eigenvalue weighted by Crippen LogP contribution is 2.44. The highest BCUT2D eigenvalue weighted by atomic mass is 19.4. The molecule has 2 N–H and O–H groups in total. The molecule has 2 aliphatic rings. The second kappa shape index (κ2) is 7.28. The number of rotatable bonds is 3. The van der Waals surface area contributed by atoms with Crippen LogP contribution < -0.4 is 15.4 Å². The molecule has 154 valence electrons. The van der Waals surface area contributed by atoms with Crippen molar-refractivity contribution in [3.05, 3.63) is 53.6 Å². The average Bonchev–Trinajstić information content (AvgIpc) is 3.14. The molecule has 1 atom stereocenters. The molecule has 1 unspecified atom stereocenters. The number of para-hydroxylation sites is 2. The van der Waals surface area contributed by atoms with Crippen LogP contribution in [0, 0.1) is 0 Å². The largest absolute Gasteiger partial charge is 0.477 e. The van der Waals surface area contributed by atoms with Gasteiger partial charge >= 0.3 is 6.18 Å². The monoisotopic (exact) mass is 404 g/mol. The lowest BCUT2D eigenvalue weighted by Crippen LogP contribution is -2.41. The van der Waals surface area contributed by atoms with Crippen molar-refractivity contribution in [3.63, 3.8) is 0 Å². The van der Waals surface area contributed by atoms with E-state index < -0.39 is 23.8 Å². The number of ether oxygens (including phenoxy) is 1. The summed E-state index contributed by atoms with van der Waals surface area (Å²) in [6, 6.07) is 11.4. The van der Waals surface area contributed by atoms with E-state index in [2.05, 4.69) is 10.6 Å². The zero-order valence-electron chi connectivity index (χ0n) is 16.1. The minimum absolute atomic E-state index is 0.181. The molecule has 1 aliphatic carbocycles. The molecule has 0 spiro atoms. The third-order valence-corrected chi connectivity index (χ3v) is 5.91. The molecule has 7 heteroatoms. The molecule has 1 saturated carbocycles. The van der Waals surface area contributed by atoms with E-state index in [9.17, 15) is 18.0 Å². The summed E-state index contributed by atoms with van der Waals surface area (Å²) in [5.74, 6) is -0.114. The molecule has 1 amide bonds. The second-order valence-corrected chi connectivity index (χ2v) is 8.00. The summed E-state index contributed by atoms with van der Waals surface area (Å²) in [5, 5.41) is 5.49. The fourth-order valence-electron chi connectivity index (χ4n) is 4.18. The van der Waals surface area contributed by atoms with Gasteiger partial charge in [-0.15, -0.1) is 0 Å². The Kier molecular flexibility index (Phi) is 4.92. The van der Waals surface area contributed by atoms with Crippen LogP contribution >= 0.6 is 0 Å². The summed E-state index contributed by atoms with van der Waals surface area (Å²) in [6.45, 7) is 2.19. The zero-order chi connectivity index (χ0) is 20.6. The zero-order valence-corrected chi connectivity index (χ0v) is 16.1. The molecule has 2 aromatic carbocycles. The molecule has 1 aliphatic heterocycles. The van der Waals surface area contributed by atoms with E-state index in [-0.39, 0.29) is 17.6 Å². The fraction of sp³-hybridized carbons (Fsp3) is 0.409. The summed E-state index contributed by atoms with van der Waals surface area (Å²) in [6.07, 6.45) is -1.70. The van der Waals surface area contributed by atoms with Crippen LogP contribution in [0.3, 0.4) is 0 Å². The van der Waals surface area contributed by atoms with Gasteiger partial charge in [0.15, 0.2) is 6.10 Å². The smallest absolute Gasteiger partial charge is 0.418 e. The van der Waals surface area contributed by atoms with E-state index >= 15 is 0 Å². The predicted octanol–water partition coefficient (Wildman–Crippen LogP) is 5.35. The van der Waals surface area contributed by atoms with E-state index in [0.29, 0.717) is 11.3 Å². The Labute approximate surface area is 167 Å². The molecule has 1 fully saturated rings. The average molecular weight is 404 g/mol. The summed E-state index contributed by atoms with van der Waals surface area (Å²) in [5.41, 5.74) is 0.116. The van der Waals surface area contributed by atoms with Crippen LogP contribution in [-0.4, -0.2) is 18.6 Å². The topological polar surface area (TPSA) is 50.4 Å². The van der Waals surface area contributed by atoms with Gasteiger partial charge in [-0.05, 0) is 48.1 Å². The Balaban J connectivity index is 1.57. The van der Waals surface area contributed by atoms with Crippen molar-refractivity contribution in [2.75, 3.05) is 17.2 Å². The number of nitrogens with one attached hydrogen (secondary N) is 2. The molecule has 0 radical (unpaired) electrons. The van der Waals surface area contributed by atoms with Crippen LogP contribution in [0.2, 0.25) is 0 Å². The Hall–Kier alpha value is -2.70. The first-order valence-corrected chi connectivity index (χ1v) is 9.78. The number of amides is 1. The van der Waals surface area contributed by atoms with Crippen molar-refractivity contribution in [1.29, 1.82) is 0 Å². The summed E-state index contributed by atoms with van der Waals surface area (Å²) in [4.78, 5) is 12.6. The lowest BCUT2D eigenvalue weighted by molar-refractivity contribution is -0.137. The Bertz CT molecular complexity index is 921. The summed E-state index contributed by atoms with van der Waals surface area (Å²) >= 11 is 0. The van der Waals surface area contributed by atoms with Crippen LogP contribution in [0.25, 0.3) is 0 Å². The number of fused-ring (bicyclic) bond motifs is 1. The first kappa shape index (κ1) is 19.6. The second-order valence-electron chi connectivity index (χ2n) is 8.00. The highest BCUT2D eigenvalue weighted by Gasteiger charge is 2.38. The SMILES string of the molecule is CC1(c2ccc(NC(=O)C3CNc4ccccc4O3)c(C(F)(F)F)c2)CCCC1. The summed E-state index contributed by atoms with van der Waals surface area (Å²) < 4.78 is 46.9. The van der Waals surface area contributed by atoms with Crippen molar-refractivity contribution in [3.8, 4) is 5.75 Å². The van der Waals surface area contributed by atoms with Crippen LogP contribution in [0.5, 0.6) is 5.75 Å². The Morgan fingerprint density at radius 2 is 1.90 bits per heavy atom. The van der Waals surface area contributed by atoms with Gasteiger partial charge in [0.05, 0.1) is 23.5 Å². The van der Waals surface area contributed by atoms with Gasteiger partial charge in [-0.3, -0.25) is 4.79 Å². The van der Waals surface area contributed by atoms with Gasteiger partial charge < -0.3 is 15.4 Å². The number of carbonyl (C=O) groups is 1. The molecular weight excluding hydrogens is 381 g/mol. The van der Waals surface area contributed by atoms with Crippen LogP contribution in [0.4, 0.5) is 24.5 Å². The van der Waals surface area contributed by atoms with Crippen molar-refractivity contribution in [1.82, 2.24) is 0 Å². The number of halogens is 3. The third-order valence-electron chi connectivity index (χ3n) is 5.91. The molecule has 4 rings (SSSR count). The van der Waals surface area contributed by atoms with Gasteiger partial charge in [-0.1, -0.05) is 38.0 Å². The van der Waals surface area contributed by atoms with Gasteiger partial charge in [-0.25, -0.2) is 0 Å². The fourth-order valence-corrected chi connectivity index (χ4v) is 4.18. The highest BCUT2D eigenvalue weighted by molar-refractivity contribution is 5.96. The maximum absolute atomic E-state index is 13.7. The van der Waals surface area contributed by atoms with E-state index in [1.54, 1.807) is 18.2 Å². The number of alkyl halides is 3. The van der Waals surface area contributed by atoms with Gasteiger partial charge in [0.1, 0.15) is 5.75 Å². The molecule has 0 saturated heterocycles. The molecule has 1 heterocycles. The van der Waals surface area contributed by atoms with Gasteiger partial charge in [0.2, 0.25) is 0 Å². The number of benzene rings is 2. The van der Waals surface area contributed by atoms with Crippen LogP contribution in [0.1, 0.15) is 43.7 Å². The van der Waals surface area contributed by atoms with Crippen LogP contribution in [-0.2, 0) is 16.4 Å². The normalized spacial score (nSPS) is 20.3. The van der Waals surface area contributed by atoms with Gasteiger partial charge in [0.25, 0.3) is 5.91 Å². The lowest BCUT2D eigenvalue weighted by Gasteiger charge is -2.28. The van der Waals surface area contributed by atoms with E-state index in [1.165, 1.54) is 12.1 Å². The first-order valence-electron chi connectivity index (χ1n) is 9.78. The molecular formula is C22H23F3N2O2. The van der Waals surface area contributed by atoms with Crippen molar-refractivity contribution < 1.29 is 22.7 Å². The number of anilines is 2.